The Morgan fingerprint density at radius 2 is 1.89 bits per heavy atom. The van der Waals surface area contributed by atoms with Crippen molar-refractivity contribution in [3.05, 3.63) is 18.0 Å². The lowest BCUT2D eigenvalue weighted by Gasteiger charge is -2.19. The van der Waals surface area contributed by atoms with E-state index >= 15 is 0 Å². The van der Waals surface area contributed by atoms with E-state index in [0.29, 0.717) is 12.1 Å². The zero-order valence-electron chi connectivity index (χ0n) is 12.1. The molecule has 2 fully saturated rings. The van der Waals surface area contributed by atoms with Crippen molar-refractivity contribution >= 4 is 0 Å². The van der Waals surface area contributed by atoms with E-state index in [9.17, 15) is 0 Å². The summed E-state index contributed by atoms with van der Waals surface area (Å²) in [5, 5.41) is 8.41. The average molecular weight is 261 g/mol. The van der Waals surface area contributed by atoms with Crippen LogP contribution in [-0.2, 0) is 6.54 Å². The molecule has 0 amide bonds. The summed E-state index contributed by atoms with van der Waals surface area (Å²) in [6.07, 6.45) is 13.2. The summed E-state index contributed by atoms with van der Waals surface area (Å²) in [4.78, 5) is 0. The van der Waals surface area contributed by atoms with E-state index in [1.54, 1.807) is 0 Å². The lowest BCUT2D eigenvalue weighted by molar-refractivity contribution is 0.376. The molecule has 2 saturated carbocycles. The van der Waals surface area contributed by atoms with Gasteiger partial charge in [0.05, 0.1) is 11.7 Å². The van der Waals surface area contributed by atoms with E-state index in [-0.39, 0.29) is 0 Å². The van der Waals surface area contributed by atoms with Crippen molar-refractivity contribution in [1.29, 1.82) is 0 Å². The van der Waals surface area contributed by atoms with Crippen LogP contribution in [0.3, 0.4) is 0 Å². The Morgan fingerprint density at radius 1 is 1.21 bits per heavy atom. The molecule has 1 atom stereocenters. The monoisotopic (exact) mass is 261 g/mol. The number of nitrogens with one attached hydrogen (secondary N) is 1. The third-order valence-corrected chi connectivity index (χ3v) is 5.07. The van der Waals surface area contributed by atoms with Gasteiger partial charge in [0, 0.05) is 18.8 Å². The van der Waals surface area contributed by atoms with Gasteiger partial charge in [0.2, 0.25) is 0 Å². The van der Waals surface area contributed by atoms with E-state index < -0.39 is 0 Å². The predicted molar refractivity (Wildman–Crippen MR) is 78.0 cm³/mol. The Balaban J connectivity index is 1.49. The maximum absolute atomic E-state index is 4.74. The molecule has 0 radical (unpaired) electrons. The van der Waals surface area contributed by atoms with Gasteiger partial charge in [0.25, 0.3) is 0 Å². The number of aromatic nitrogens is 2. The second-order valence-corrected chi connectivity index (χ2v) is 6.44. The molecule has 0 saturated heterocycles. The number of hydrogen-bond donors (Lipinski definition) is 1. The van der Waals surface area contributed by atoms with Crippen molar-refractivity contribution in [2.45, 2.75) is 76.9 Å². The molecule has 3 rings (SSSR count). The van der Waals surface area contributed by atoms with Gasteiger partial charge in [-0.25, -0.2) is 0 Å². The van der Waals surface area contributed by atoms with Crippen molar-refractivity contribution in [1.82, 2.24) is 15.1 Å². The van der Waals surface area contributed by atoms with Crippen LogP contribution in [0.5, 0.6) is 0 Å². The van der Waals surface area contributed by atoms with Crippen molar-refractivity contribution in [2.24, 2.45) is 5.92 Å². The smallest absolute Gasteiger partial charge is 0.0762 e. The molecule has 2 aliphatic rings. The van der Waals surface area contributed by atoms with Crippen LogP contribution in [0.25, 0.3) is 0 Å². The summed E-state index contributed by atoms with van der Waals surface area (Å²) in [6.45, 7) is 3.27. The molecule has 0 bridgehead atoms. The highest BCUT2D eigenvalue weighted by atomic mass is 15.3. The van der Waals surface area contributed by atoms with Crippen molar-refractivity contribution in [3.63, 3.8) is 0 Å². The molecule has 0 aliphatic heterocycles. The first-order valence-corrected chi connectivity index (χ1v) is 8.10. The summed E-state index contributed by atoms with van der Waals surface area (Å²) in [6, 6.07) is 3.49. The van der Waals surface area contributed by atoms with Crippen LogP contribution in [0.2, 0.25) is 0 Å². The number of rotatable bonds is 5. The predicted octanol–water partition coefficient (Wildman–Crippen LogP) is 3.67. The Labute approximate surface area is 116 Å². The van der Waals surface area contributed by atoms with Crippen molar-refractivity contribution in [2.75, 3.05) is 0 Å². The first-order valence-electron chi connectivity index (χ1n) is 8.10. The van der Waals surface area contributed by atoms with Crippen LogP contribution >= 0.6 is 0 Å². The highest BCUT2D eigenvalue weighted by Crippen LogP contribution is 2.29. The molecule has 3 nitrogen and oxygen atoms in total. The van der Waals surface area contributed by atoms with Gasteiger partial charge in [-0.05, 0) is 44.6 Å². The molecular weight excluding hydrogens is 234 g/mol. The Kier molecular flexibility index (Phi) is 4.21. The molecule has 106 valence electrons. The molecule has 19 heavy (non-hydrogen) atoms. The summed E-state index contributed by atoms with van der Waals surface area (Å²) >= 11 is 0. The highest BCUT2D eigenvalue weighted by Gasteiger charge is 2.21. The fraction of sp³-hybridized carbons (Fsp3) is 0.812. The molecule has 1 aromatic rings. The van der Waals surface area contributed by atoms with Gasteiger partial charge in [0.1, 0.15) is 0 Å². The van der Waals surface area contributed by atoms with Crippen molar-refractivity contribution < 1.29 is 0 Å². The third-order valence-electron chi connectivity index (χ3n) is 5.07. The van der Waals surface area contributed by atoms with Gasteiger partial charge in [-0.15, -0.1) is 0 Å². The van der Waals surface area contributed by atoms with Crippen LogP contribution in [0, 0.1) is 5.92 Å². The summed E-state index contributed by atoms with van der Waals surface area (Å²) in [5.41, 5.74) is 1.21. The first-order chi connectivity index (χ1) is 9.33. The lowest BCUT2D eigenvalue weighted by atomic mass is 10.00. The quantitative estimate of drug-likeness (QED) is 0.876. The van der Waals surface area contributed by atoms with E-state index in [2.05, 4.69) is 29.2 Å². The normalized spacial score (nSPS) is 23.2. The molecule has 2 aliphatic carbocycles. The van der Waals surface area contributed by atoms with Crippen LogP contribution in [0.1, 0.15) is 70.0 Å². The molecule has 1 aromatic heterocycles. The van der Waals surface area contributed by atoms with Gasteiger partial charge >= 0.3 is 0 Å². The number of hydrogen-bond acceptors (Lipinski definition) is 2. The van der Waals surface area contributed by atoms with E-state index in [1.807, 2.05) is 0 Å². The van der Waals surface area contributed by atoms with Crippen LogP contribution in [0.4, 0.5) is 0 Å². The minimum Gasteiger partial charge on any atom is -0.308 e. The van der Waals surface area contributed by atoms with E-state index in [4.69, 9.17) is 5.10 Å². The summed E-state index contributed by atoms with van der Waals surface area (Å²) < 4.78 is 2.20. The fourth-order valence-corrected chi connectivity index (χ4v) is 3.73. The second-order valence-electron chi connectivity index (χ2n) is 6.44. The molecule has 0 spiro atoms. The van der Waals surface area contributed by atoms with Crippen molar-refractivity contribution in [3.8, 4) is 0 Å². The zero-order valence-corrected chi connectivity index (χ0v) is 12.1. The average Bonchev–Trinajstić information content (AvgIpc) is 3.14. The Morgan fingerprint density at radius 3 is 2.63 bits per heavy atom. The Hall–Kier alpha value is -0.830. The fourth-order valence-electron chi connectivity index (χ4n) is 3.73. The maximum atomic E-state index is 4.74. The summed E-state index contributed by atoms with van der Waals surface area (Å²) in [5.74, 6) is 0.886. The van der Waals surface area contributed by atoms with Gasteiger partial charge < -0.3 is 5.32 Å². The van der Waals surface area contributed by atoms with Gasteiger partial charge in [-0.1, -0.05) is 25.7 Å². The van der Waals surface area contributed by atoms with E-state index in [0.717, 1.165) is 12.5 Å². The lowest BCUT2D eigenvalue weighted by Crippen LogP contribution is -2.31. The highest BCUT2D eigenvalue weighted by molar-refractivity contribution is 5.00. The molecular formula is C16H27N3. The van der Waals surface area contributed by atoms with Crippen LogP contribution < -0.4 is 5.32 Å². The topological polar surface area (TPSA) is 29.9 Å². The minimum absolute atomic E-state index is 0.638. The molecule has 0 unspecified atom stereocenters. The Bertz CT molecular complexity index is 386. The number of nitrogens with zero attached hydrogens (tertiary/aromatic N) is 2. The molecule has 1 heterocycles. The molecule has 0 aromatic carbocycles. The van der Waals surface area contributed by atoms with Crippen LogP contribution in [-0.4, -0.2) is 15.8 Å². The largest absolute Gasteiger partial charge is 0.308 e. The molecule has 1 N–H and O–H groups in total. The van der Waals surface area contributed by atoms with Gasteiger partial charge in [-0.3, -0.25) is 4.68 Å². The standard InChI is InChI=1S/C16H27N3/c1-13(14-6-2-3-7-14)17-12-15-10-11-19(18-15)16-8-4-5-9-16/h10-11,13-14,16-17H,2-9,12H2,1H3/t13-/m1/s1. The third kappa shape index (κ3) is 3.19. The SMILES string of the molecule is C[C@@H](NCc1ccn(C2CCCC2)n1)C1CCCC1. The van der Waals surface area contributed by atoms with Crippen LogP contribution in [0.15, 0.2) is 12.3 Å². The summed E-state index contributed by atoms with van der Waals surface area (Å²) in [7, 11) is 0. The van der Waals surface area contributed by atoms with E-state index in [1.165, 1.54) is 57.1 Å². The minimum atomic E-state index is 0.638. The maximum Gasteiger partial charge on any atom is 0.0762 e. The first kappa shape index (κ1) is 13.2. The van der Waals surface area contributed by atoms with Gasteiger partial charge in [-0.2, -0.15) is 5.10 Å². The second kappa shape index (κ2) is 6.08. The molecule has 3 heteroatoms. The zero-order chi connectivity index (χ0) is 13.1. The van der Waals surface area contributed by atoms with Gasteiger partial charge in [0.15, 0.2) is 0 Å².